The largest absolute Gasteiger partial charge is 0.478 e. The Bertz CT molecular complexity index is 608. The van der Waals surface area contributed by atoms with Crippen LogP contribution >= 0.6 is 0 Å². The van der Waals surface area contributed by atoms with Crippen LogP contribution in [0.2, 0.25) is 0 Å². The maximum Gasteiger partial charge on any atom is 0.337 e. The second-order valence-electron chi connectivity index (χ2n) is 4.24. The van der Waals surface area contributed by atoms with Gasteiger partial charge in [0, 0.05) is 6.61 Å². The van der Waals surface area contributed by atoms with E-state index in [1.807, 2.05) is 12.1 Å². The normalized spacial score (nSPS) is 10.2. The van der Waals surface area contributed by atoms with Gasteiger partial charge in [-0.25, -0.2) is 4.79 Å². The van der Waals surface area contributed by atoms with Crippen molar-refractivity contribution >= 4 is 11.7 Å². The second-order valence-corrected chi connectivity index (χ2v) is 4.24. The zero-order valence-electron chi connectivity index (χ0n) is 10.7. The molecule has 2 aromatic carbocycles. The standard InChI is InChI=1S/C15H15NO4/c16-14-12(15(18)19)2-1-3-13(14)20-11-6-4-10(5-7-11)8-9-17/h1-7,17H,8-9,16H2,(H,18,19). The van der Waals surface area contributed by atoms with Crippen LogP contribution in [0.15, 0.2) is 42.5 Å². The van der Waals surface area contributed by atoms with E-state index in [1.54, 1.807) is 24.3 Å². The van der Waals surface area contributed by atoms with E-state index in [0.717, 1.165) is 5.56 Å². The number of aliphatic hydroxyl groups is 1. The number of para-hydroxylation sites is 1. The van der Waals surface area contributed by atoms with Gasteiger partial charge >= 0.3 is 5.97 Å². The fourth-order valence-electron chi connectivity index (χ4n) is 1.80. The lowest BCUT2D eigenvalue weighted by atomic mass is 10.1. The molecular weight excluding hydrogens is 258 g/mol. The summed E-state index contributed by atoms with van der Waals surface area (Å²) in [4.78, 5) is 11.0. The highest BCUT2D eigenvalue weighted by molar-refractivity contribution is 5.95. The van der Waals surface area contributed by atoms with E-state index in [-0.39, 0.29) is 17.9 Å². The molecule has 5 nitrogen and oxygen atoms in total. The lowest BCUT2D eigenvalue weighted by Crippen LogP contribution is -2.03. The molecule has 0 saturated heterocycles. The highest BCUT2D eigenvalue weighted by Gasteiger charge is 2.12. The van der Waals surface area contributed by atoms with Gasteiger partial charge in [-0.2, -0.15) is 0 Å². The zero-order valence-corrected chi connectivity index (χ0v) is 10.7. The molecule has 5 heteroatoms. The smallest absolute Gasteiger partial charge is 0.337 e. The highest BCUT2D eigenvalue weighted by atomic mass is 16.5. The monoisotopic (exact) mass is 273 g/mol. The van der Waals surface area contributed by atoms with Crippen molar-refractivity contribution in [1.29, 1.82) is 0 Å². The van der Waals surface area contributed by atoms with Crippen molar-refractivity contribution < 1.29 is 19.7 Å². The molecule has 0 aliphatic carbocycles. The minimum atomic E-state index is -1.09. The van der Waals surface area contributed by atoms with Gasteiger partial charge in [-0.15, -0.1) is 0 Å². The van der Waals surface area contributed by atoms with Crippen LogP contribution < -0.4 is 10.5 Å². The van der Waals surface area contributed by atoms with Crippen LogP contribution in [0.4, 0.5) is 5.69 Å². The van der Waals surface area contributed by atoms with Gasteiger partial charge in [0.2, 0.25) is 0 Å². The fourth-order valence-corrected chi connectivity index (χ4v) is 1.80. The van der Waals surface area contributed by atoms with Crippen LogP contribution in [0, 0.1) is 0 Å². The molecule has 4 N–H and O–H groups in total. The lowest BCUT2D eigenvalue weighted by Gasteiger charge is -2.10. The molecule has 0 saturated carbocycles. The molecule has 0 heterocycles. The van der Waals surface area contributed by atoms with Crippen molar-refractivity contribution in [3.8, 4) is 11.5 Å². The molecule has 0 spiro atoms. The molecule has 0 fully saturated rings. The second kappa shape index (κ2) is 6.08. The predicted octanol–water partition coefficient (Wildman–Crippen LogP) is 2.29. The Balaban J connectivity index is 2.21. The summed E-state index contributed by atoms with van der Waals surface area (Å²) in [6, 6.07) is 11.8. The molecule has 2 aromatic rings. The van der Waals surface area contributed by atoms with E-state index in [9.17, 15) is 4.79 Å². The lowest BCUT2D eigenvalue weighted by molar-refractivity contribution is 0.0697. The molecule has 0 aromatic heterocycles. The summed E-state index contributed by atoms with van der Waals surface area (Å²) in [5, 5.41) is 17.8. The summed E-state index contributed by atoms with van der Waals surface area (Å²) < 4.78 is 5.58. The average Bonchev–Trinajstić information content (AvgIpc) is 2.43. The van der Waals surface area contributed by atoms with Gasteiger partial charge in [0.25, 0.3) is 0 Å². The van der Waals surface area contributed by atoms with E-state index in [0.29, 0.717) is 17.9 Å². The predicted molar refractivity (Wildman–Crippen MR) is 75.1 cm³/mol. The molecule has 0 bridgehead atoms. The molecule has 2 rings (SSSR count). The number of carboxylic acids is 1. The number of ether oxygens (including phenoxy) is 1. The average molecular weight is 273 g/mol. The molecule has 0 radical (unpaired) electrons. The minimum Gasteiger partial charge on any atom is -0.478 e. The third-order valence-corrected chi connectivity index (χ3v) is 2.85. The highest BCUT2D eigenvalue weighted by Crippen LogP contribution is 2.30. The van der Waals surface area contributed by atoms with Gasteiger partial charge in [-0.05, 0) is 36.2 Å². The van der Waals surface area contributed by atoms with Gasteiger partial charge in [0.1, 0.15) is 5.75 Å². The van der Waals surface area contributed by atoms with E-state index in [4.69, 9.17) is 20.7 Å². The van der Waals surface area contributed by atoms with E-state index in [2.05, 4.69) is 0 Å². The van der Waals surface area contributed by atoms with Gasteiger partial charge < -0.3 is 20.7 Å². The number of nitrogens with two attached hydrogens (primary N) is 1. The maximum atomic E-state index is 11.0. The van der Waals surface area contributed by atoms with Gasteiger partial charge in [-0.1, -0.05) is 18.2 Å². The summed E-state index contributed by atoms with van der Waals surface area (Å²) in [6.45, 7) is 0.0911. The SMILES string of the molecule is Nc1c(Oc2ccc(CCO)cc2)cccc1C(=O)O. The first-order chi connectivity index (χ1) is 9.61. The summed E-state index contributed by atoms with van der Waals surface area (Å²) in [5.74, 6) is -0.230. The van der Waals surface area contributed by atoms with Gasteiger partial charge in [-0.3, -0.25) is 0 Å². The zero-order chi connectivity index (χ0) is 14.5. The van der Waals surface area contributed by atoms with Crippen molar-refractivity contribution in [3.05, 3.63) is 53.6 Å². The van der Waals surface area contributed by atoms with Crippen molar-refractivity contribution in [2.75, 3.05) is 12.3 Å². The fraction of sp³-hybridized carbons (Fsp3) is 0.133. The molecule has 0 aliphatic rings. The van der Waals surface area contributed by atoms with Crippen LogP contribution in [0.25, 0.3) is 0 Å². The van der Waals surface area contributed by atoms with E-state index in [1.165, 1.54) is 6.07 Å². The molecule has 0 atom stereocenters. The third-order valence-electron chi connectivity index (χ3n) is 2.85. The number of hydrogen-bond acceptors (Lipinski definition) is 4. The van der Waals surface area contributed by atoms with Crippen molar-refractivity contribution in [2.24, 2.45) is 0 Å². The summed E-state index contributed by atoms with van der Waals surface area (Å²) in [7, 11) is 0. The quantitative estimate of drug-likeness (QED) is 0.727. The Kier molecular flexibility index (Phi) is 4.22. The summed E-state index contributed by atoms with van der Waals surface area (Å²) in [6.07, 6.45) is 0.580. The van der Waals surface area contributed by atoms with Crippen LogP contribution in [0.5, 0.6) is 11.5 Å². The Morgan fingerprint density at radius 2 is 1.85 bits per heavy atom. The number of benzene rings is 2. The Hall–Kier alpha value is -2.53. The molecular formula is C15H15NO4. The molecule has 0 unspecified atom stereocenters. The molecule has 104 valence electrons. The molecule has 20 heavy (non-hydrogen) atoms. The Morgan fingerprint density at radius 3 is 2.45 bits per heavy atom. The summed E-state index contributed by atoms with van der Waals surface area (Å²) in [5.41, 5.74) is 6.87. The number of hydrogen-bond donors (Lipinski definition) is 3. The van der Waals surface area contributed by atoms with Crippen LogP contribution in [-0.2, 0) is 6.42 Å². The topological polar surface area (TPSA) is 92.8 Å². The Labute approximate surface area is 116 Å². The number of aromatic carboxylic acids is 1. The van der Waals surface area contributed by atoms with Crippen molar-refractivity contribution in [1.82, 2.24) is 0 Å². The van der Waals surface area contributed by atoms with Crippen LogP contribution in [0.3, 0.4) is 0 Å². The van der Waals surface area contributed by atoms with Crippen LogP contribution in [-0.4, -0.2) is 22.8 Å². The third kappa shape index (κ3) is 3.07. The molecule has 0 amide bonds. The van der Waals surface area contributed by atoms with Crippen molar-refractivity contribution in [2.45, 2.75) is 6.42 Å². The number of carboxylic acid groups (broad SMARTS) is 1. The van der Waals surface area contributed by atoms with Gasteiger partial charge in [0.05, 0.1) is 11.3 Å². The molecule has 0 aliphatic heterocycles. The Morgan fingerprint density at radius 1 is 1.15 bits per heavy atom. The number of carbonyl (C=O) groups is 1. The number of nitrogen functional groups attached to an aromatic ring is 1. The summed E-state index contributed by atoms with van der Waals surface area (Å²) >= 11 is 0. The minimum absolute atomic E-state index is 0.0133. The number of anilines is 1. The number of aliphatic hydroxyl groups excluding tert-OH is 1. The number of rotatable bonds is 5. The van der Waals surface area contributed by atoms with Gasteiger partial charge in [0.15, 0.2) is 5.75 Å². The first kappa shape index (κ1) is 13.9. The first-order valence-electron chi connectivity index (χ1n) is 6.11. The van der Waals surface area contributed by atoms with Crippen LogP contribution in [0.1, 0.15) is 15.9 Å². The van der Waals surface area contributed by atoms with E-state index >= 15 is 0 Å². The first-order valence-corrected chi connectivity index (χ1v) is 6.11. The van der Waals surface area contributed by atoms with E-state index < -0.39 is 5.97 Å². The maximum absolute atomic E-state index is 11.0. The van der Waals surface area contributed by atoms with Crippen molar-refractivity contribution in [3.63, 3.8) is 0 Å².